The predicted octanol–water partition coefficient (Wildman–Crippen LogP) is 3.68. The second kappa shape index (κ2) is 8.58. The number of alkyl halides is 1. The van der Waals surface area contributed by atoms with Crippen molar-refractivity contribution < 1.29 is 19.1 Å². The van der Waals surface area contributed by atoms with E-state index in [1.807, 2.05) is 54.6 Å². The molecule has 1 fully saturated rings. The maximum atomic E-state index is 11.8. The van der Waals surface area contributed by atoms with Gasteiger partial charge in [-0.2, -0.15) is 0 Å². The highest BCUT2D eigenvalue weighted by atomic mass is 35.5. The van der Waals surface area contributed by atoms with Crippen LogP contribution in [0.1, 0.15) is 11.1 Å². The molecule has 26 heavy (non-hydrogen) atoms. The van der Waals surface area contributed by atoms with Gasteiger partial charge in [-0.1, -0.05) is 42.5 Å². The number of anilines is 1. The fraction of sp³-hybridized carbons (Fsp3) is 0.263. The van der Waals surface area contributed by atoms with Gasteiger partial charge in [0, 0.05) is 12.2 Å². The standard InChI is InChI=1S/C19H19ClN2O4/c20-10-17-12-22(19(24)26-17)16-8-6-14(7-9-16)11-21-18(23)25-13-15-4-2-1-3-5-15/h1-9,17H,10-13H2,(H,21,23). The first-order valence-electron chi connectivity index (χ1n) is 8.23. The summed E-state index contributed by atoms with van der Waals surface area (Å²) < 4.78 is 10.3. The molecule has 0 bridgehead atoms. The summed E-state index contributed by atoms with van der Waals surface area (Å²) in [6, 6.07) is 16.8. The van der Waals surface area contributed by atoms with Crippen LogP contribution in [0.3, 0.4) is 0 Å². The zero-order valence-corrected chi connectivity index (χ0v) is 14.8. The van der Waals surface area contributed by atoms with E-state index in [0.29, 0.717) is 13.1 Å². The number of carbonyl (C=O) groups is 2. The lowest BCUT2D eigenvalue weighted by atomic mass is 10.2. The fourth-order valence-electron chi connectivity index (χ4n) is 2.55. The molecule has 1 unspecified atom stereocenters. The van der Waals surface area contributed by atoms with Gasteiger partial charge in [-0.25, -0.2) is 9.59 Å². The SMILES string of the molecule is O=C(NCc1ccc(N2CC(CCl)OC2=O)cc1)OCc1ccccc1. The number of nitrogens with zero attached hydrogens (tertiary/aromatic N) is 1. The summed E-state index contributed by atoms with van der Waals surface area (Å²) in [5, 5.41) is 2.70. The third-order valence-corrected chi connectivity index (χ3v) is 4.29. The molecule has 1 atom stereocenters. The molecule has 1 saturated heterocycles. The van der Waals surface area contributed by atoms with E-state index in [0.717, 1.165) is 16.8 Å². The highest BCUT2D eigenvalue weighted by Gasteiger charge is 2.31. The molecule has 7 heteroatoms. The molecule has 0 spiro atoms. The van der Waals surface area contributed by atoms with Crippen molar-refractivity contribution in [2.75, 3.05) is 17.3 Å². The van der Waals surface area contributed by atoms with Crippen molar-refractivity contribution in [3.05, 3.63) is 65.7 Å². The van der Waals surface area contributed by atoms with E-state index in [-0.39, 0.29) is 18.6 Å². The van der Waals surface area contributed by atoms with Crippen LogP contribution in [0.5, 0.6) is 0 Å². The summed E-state index contributed by atoms with van der Waals surface area (Å²) >= 11 is 5.73. The molecule has 0 radical (unpaired) electrons. The van der Waals surface area contributed by atoms with Crippen LogP contribution < -0.4 is 10.2 Å². The topological polar surface area (TPSA) is 67.9 Å². The van der Waals surface area contributed by atoms with E-state index in [1.165, 1.54) is 0 Å². The first kappa shape index (κ1) is 18.1. The summed E-state index contributed by atoms with van der Waals surface area (Å²) in [5.41, 5.74) is 2.56. The number of amides is 2. The summed E-state index contributed by atoms with van der Waals surface area (Å²) in [6.07, 6.45) is -1.16. The van der Waals surface area contributed by atoms with E-state index in [4.69, 9.17) is 21.1 Å². The molecular formula is C19H19ClN2O4. The fourth-order valence-corrected chi connectivity index (χ4v) is 2.72. The third kappa shape index (κ3) is 4.67. The Morgan fingerprint density at radius 3 is 2.54 bits per heavy atom. The van der Waals surface area contributed by atoms with Crippen molar-refractivity contribution in [2.45, 2.75) is 19.3 Å². The highest BCUT2D eigenvalue weighted by Crippen LogP contribution is 2.22. The number of nitrogens with one attached hydrogen (secondary N) is 1. The van der Waals surface area contributed by atoms with Gasteiger partial charge >= 0.3 is 12.2 Å². The van der Waals surface area contributed by atoms with Crippen LogP contribution >= 0.6 is 11.6 Å². The molecule has 3 rings (SSSR count). The molecule has 136 valence electrons. The number of ether oxygens (including phenoxy) is 2. The Morgan fingerprint density at radius 2 is 1.88 bits per heavy atom. The smallest absolute Gasteiger partial charge is 0.414 e. The minimum absolute atomic E-state index is 0.227. The number of rotatable bonds is 6. The lowest BCUT2D eigenvalue weighted by Crippen LogP contribution is -2.25. The van der Waals surface area contributed by atoms with Crippen LogP contribution in [0, 0.1) is 0 Å². The van der Waals surface area contributed by atoms with Gasteiger partial charge in [0.2, 0.25) is 0 Å². The average molecular weight is 375 g/mol. The quantitative estimate of drug-likeness (QED) is 0.783. The van der Waals surface area contributed by atoms with Gasteiger partial charge in [-0.15, -0.1) is 11.6 Å². The van der Waals surface area contributed by atoms with Gasteiger partial charge in [-0.05, 0) is 23.3 Å². The molecule has 0 saturated carbocycles. The van der Waals surface area contributed by atoms with Gasteiger partial charge in [0.1, 0.15) is 12.7 Å². The van der Waals surface area contributed by atoms with Gasteiger partial charge in [0.15, 0.2) is 0 Å². The molecular weight excluding hydrogens is 356 g/mol. The second-order valence-electron chi connectivity index (χ2n) is 5.85. The first-order valence-corrected chi connectivity index (χ1v) is 8.77. The summed E-state index contributed by atoms with van der Waals surface area (Å²) in [6.45, 7) is 0.999. The Hall–Kier alpha value is -2.73. The Labute approximate surface area is 156 Å². The van der Waals surface area contributed by atoms with Crippen molar-refractivity contribution in [2.24, 2.45) is 0 Å². The normalized spacial score (nSPS) is 16.3. The van der Waals surface area contributed by atoms with Crippen molar-refractivity contribution >= 4 is 29.5 Å². The molecule has 1 N–H and O–H groups in total. The maximum absolute atomic E-state index is 11.8. The highest BCUT2D eigenvalue weighted by molar-refractivity contribution is 6.18. The molecule has 2 amide bonds. The van der Waals surface area contributed by atoms with E-state index in [2.05, 4.69) is 5.32 Å². The van der Waals surface area contributed by atoms with Crippen molar-refractivity contribution in [1.29, 1.82) is 0 Å². The summed E-state index contributed by atoms with van der Waals surface area (Å²) in [7, 11) is 0. The molecule has 1 aliphatic heterocycles. The zero-order chi connectivity index (χ0) is 18.4. The van der Waals surface area contributed by atoms with E-state index in [9.17, 15) is 9.59 Å². The van der Waals surface area contributed by atoms with E-state index < -0.39 is 12.2 Å². The van der Waals surface area contributed by atoms with Gasteiger partial charge < -0.3 is 14.8 Å². The molecule has 2 aromatic rings. The Bertz CT molecular complexity index is 752. The Balaban J connectivity index is 1.47. The van der Waals surface area contributed by atoms with Gasteiger partial charge in [0.25, 0.3) is 0 Å². The van der Waals surface area contributed by atoms with Gasteiger partial charge in [0.05, 0.1) is 12.4 Å². The van der Waals surface area contributed by atoms with Crippen LogP contribution in [0.2, 0.25) is 0 Å². The first-order chi connectivity index (χ1) is 12.7. The number of alkyl carbamates (subject to hydrolysis) is 1. The number of cyclic esters (lactones) is 1. The number of carbonyl (C=O) groups excluding carboxylic acids is 2. The maximum Gasteiger partial charge on any atom is 0.414 e. The lowest BCUT2D eigenvalue weighted by molar-refractivity contribution is 0.139. The summed E-state index contributed by atoms with van der Waals surface area (Å²) in [4.78, 5) is 25.1. The van der Waals surface area contributed by atoms with E-state index in [1.54, 1.807) is 4.90 Å². The molecule has 2 aromatic carbocycles. The number of benzene rings is 2. The second-order valence-corrected chi connectivity index (χ2v) is 6.16. The minimum atomic E-state index is -0.481. The van der Waals surface area contributed by atoms with Crippen molar-refractivity contribution in [3.8, 4) is 0 Å². The minimum Gasteiger partial charge on any atom is -0.445 e. The van der Waals surface area contributed by atoms with Crippen LogP contribution in [-0.4, -0.2) is 30.7 Å². The van der Waals surface area contributed by atoms with E-state index >= 15 is 0 Å². The Morgan fingerprint density at radius 1 is 1.15 bits per heavy atom. The lowest BCUT2D eigenvalue weighted by Gasteiger charge is -2.13. The largest absolute Gasteiger partial charge is 0.445 e. The molecule has 0 aliphatic carbocycles. The third-order valence-electron chi connectivity index (χ3n) is 3.94. The number of halogens is 1. The Kier molecular flexibility index (Phi) is 5.96. The van der Waals surface area contributed by atoms with Crippen molar-refractivity contribution in [1.82, 2.24) is 5.32 Å². The molecule has 1 aliphatic rings. The van der Waals surface area contributed by atoms with Crippen LogP contribution in [0.4, 0.5) is 15.3 Å². The van der Waals surface area contributed by atoms with Crippen LogP contribution in [0.25, 0.3) is 0 Å². The van der Waals surface area contributed by atoms with Crippen molar-refractivity contribution in [3.63, 3.8) is 0 Å². The molecule has 0 aromatic heterocycles. The average Bonchev–Trinajstić information content (AvgIpc) is 3.07. The van der Waals surface area contributed by atoms with Crippen LogP contribution in [-0.2, 0) is 22.6 Å². The number of hydrogen-bond acceptors (Lipinski definition) is 4. The number of hydrogen-bond donors (Lipinski definition) is 1. The predicted molar refractivity (Wildman–Crippen MR) is 98.2 cm³/mol. The van der Waals surface area contributed by atoms with Crippen LogP contribution in [0.15, 0.2) is 54.6 Å². The zero-order valence-electron chi connectivity index (χ0n) is 14.1. The molecule has 6 nitrogen and oxygen atoms in total. The molecule has 1 heterocycles. The monoisotopic (exact) mass is 374 g/mol. The van der Waals surface area contributed by atoms with Gasteiger partial charge in [-0.3, -0.25) is 4.90 Å². The summed E-state index contributed by atoms with van der Waals surface area (Å²) in [5.74, 6) is 0.273.